The number of rotatable bonds is 5. The monoisotopic (exact) mass is 316 g/mol. The summed E-state index contributed by atoms with van der Waals surface area (Å²) >= 11 is 0. The van der Waals surface area contributed by atoms with Crippen molar-refractivity contribution in [3.63, 3.8) is 0 Å². The topological polar surface area (TPSA) is 104 Å². The molecule has 0 aromatic carbocycles. The Labute approximate surface area is 124 Å². The molecule has 0 aliphatic carbocycles. The summed E-state index contributed by atoms with van der Waals surface area (Å²) < 4.78 is 33.2. The van der Waals surface area contributed by atoms with E-state index in [1.165, 1.54) is 11.4 Å². The van der Waals surface area contributed by atoms with Crippen molar-refractivity contribution in [3.8, 4) is 0 Å². The van der Waals surface area contributed by atoms with Gasteiger partial charge in [-0.1, -0.05) is 0 Å². The number of nitrogens with zero attached hydrogens (tertiary/aromatic N) is 2. The lowest BCUT2D eigenvalue weighted by molar-refractivity contribution is -0.146. The number of hydrogen-bond acceptors (Lipinski definition) is 5. The zero-order chi connectivity index (χ0) is 15.5. The number of aromatic amines is 1. The molecule has 1 saturated heterocycles. The van der Waals surface area contributed by atoms with Crippen LogP contribution < -0.4 is 4.72 Å². The maximum Gasteiger partial charge on any atom is 0.308 e. The number of aromatic nitrogens is 2. The summed E-state index contributed by atoms with van der Waals surface area (Å²) in [5, 5.41) is 0. The average molecular weight is 316 g/mol. The molecule has 1 aromatic rings. The molecule has 21 heavy (non-hydrogen) atoms. The first kappa shape index (κ1) is 15.9. The number of piperidine rings is 1. The minimum atomic E-state index is -3.59. The number of ether oxygens (including phenoxy) is 1. The molecule has 0 saturated carbocycles. The number of methoxy groups -OCH3 is 1. The van der Waals surface area contributed by atoms with Crippen molar-refractivity contribution in [2.24, 2.45) is 5.92 Å². The zero-order valence-corrected chi connectivity index (χ0v) is 12.9. The number of H-pyrrole nitrogens is 1. The second-order valence-electron chi connectivity index (χ2n) is 5.02. The minimum Gasteiger partial charge on any atom is -0.469 e. The Bertz CT molecular complexity index is 564. The van der Waals surface area contributed by atoms with Gasteiger partial charge in [0.25, 0.3) is 10.2 Å². The molecule has 1 fully saturated rings. The van der Waals surface area contributed by atoms with Gasteiger partial charge in [-0.15, -0.1) is 0 Å². The quantitative estimate of drug-likeness (QED) is 0.755. The first-order chi connectivity index (χ1) is 9.94. The smallest absolute Gasteiger partial charge is 0.308 e. The normalized spacial score (nSPS) is 19.3. The van der Waals surface area contributed by atoms with Crippen LogP contribution in [0.5, 0.6) is 0 Å². The molecule has 2 rings (SSSR count). The molecule has 1 aliphatic rings. The van der Waals surface area contributed by atoms with Crippen molar-refractivity contribution in [2.45, 2.75) is 25.8 Å². The van der Waals surface area contributed by atoms with E-state index in [1.807, 2.05) is 0 Å². The van der Waals surface area contributed by atoms with Crippen LogP contribution in [0, 0.1) is 5.92 Å². The van der Waals surface area contributed by atoms with Gasteiger partial charge in [0.1, 0.15) is 5.82 Å². The summed E-state index contributed by atoms with van der Waals surface area (Å²) in [6.45, 7) is 2.33. The highest BCUT2D eigenvalue weighted by Crippen LogP contribution is 2.21. The molecular weight excluding hydrogens is 296 g/mol. The first-order valence-electron chi connectivity index (χ1n) is 6.78. The van der Waals surface area contributed by atoms with E-state index >= 15 is 0 Å². The van der Waals surface area contributed by atoms with Crippen LogP contribution >= 0.6 is 0 Å². The van der Waals surface area contributed by atoms with E-state index in [1.54, 1.807) is 19.3 Å². The van der Waals surface area contributed by atoms with E-state index < -0.39 is 16.3 Å². The maximum atomic E-state index is 12.3. The van der Waals surface area contributed by atoms with Crippen LogP contribution in [0.15, 0.2) is 12.4 Å². The van der Waals surface area contributed by atoms with Gasteiger partial charge in [-0.2, -0.15) is 17.4 Å². The standard InChI is InChI=1S/C12H20N4O4S/c1-9(11-13-5-6-14-11)15-21(18,19)16-7-3-10(4-8-16)12(17)20-2/h5-6,9-10,15H,3-4,7-8H2,1-2H3,(H,13,14). The Hall–Kier alpha value is -1.45. The fourth-order valence-electron chi connectivity index (χ4n) is 2.37. The minimum absolute atomic E-state index is 0.219. The Morgan fingerprint density at radius 3 is 2.71 bits per heavy atom. The molecule has 0 amide bonds. The maximum absolute atomic E-state index is 12.3. The van der Waals surface area contributed by atoms with Crippen molar-refractivity contribution in [2.75, 3.05) is 20.2 Å². The third-order valence-electron chi connectivity index (χ3n) is 3.58. The number of carbonyl (C=O) groups excluding carboxylic acids is 1. The van der Waals surface area contributed by atoms with Crippen LogP contribution in [-0.4, -0.2) is 48.9 Å². The van der Waals surface area contributed by atoms with Crippen LogP contribution in [-0.2, 0) is 19.7 Å². The van der Waals surface area contributed by atoms with Gasteiger partial charge in [0, 0.05) is 25.5 Å². The molecule has 1 atom stereocenters. The molecule has 1 unspecified atom stereocenters. The van der Waals surface area contributed by atoms with Gasteiger partial charge in [-0.3, -0.25) is 4.79 Å². The summed E-state index contributed by atoms with van der Waals surface area (Å²) in [6, 6.07) is -0.441. The SMILES string of the molecule is COC(=O)C1CCN(S(=O)(=O)NC(C)c2ncc[nH]2)CC1. The fourth-order valence-corrected chi connectivity index (χ4v) is 3.77. The summed E-state index contributed by atoms with van der Waals surface area (Å²) in [4.78, 5) is 18.3. The van der Waals surface area contributed by atoms with Gasteiger partial charge in [-0.05, 0) is 19.8 Å². The zero-order valence-electron chi connectivity index (χ0n) is 12.1. The molecule has 0 radical (unpaired) electrons. The lowest BCUT2D eigenvalue weighted by Gasteiger charge is -2.30. The molecule has 2 N–H and O–H groups in total. The molecule has 0 bridgehead atoms. The Kier molecular flexibility index (Phi) is 4.96. The number of esters is 1. The van der Waals surface area contributed by atoms with Crippen LogP contribution in [0.3, 0.4) is 0 Å². The van der Waals surface area contributed by atoms with Gasteiger partial charge in [0.15, 0.2) is 0 Å². The van der Waals surface area contributed by atoms with E-state index in [0.29, 0.717) is 31.8 Å². The summed E-state index contributed by atoms with van der Waals surface area (Å²) in [6.07, 6.45) is 4.16. The molecule has 2 heterocycles. The van der Waals surface area contributed by atoms with Crippen molar-refractivity contribution in [1.82, 2.24) is 19.0 Å². The molecule has 0 spiro atoms. The van der Waals surface area contributed by atoms with Crippen LogP contribution in [0.25, 0.3) is 0 Å². The summed E-state index contributed by atoms with van der Waals surface area (Å²) in [5.41, 5.74) is 0. The van der Waals surface area contributed by atoms with Gasteiger partial charge < -0.3 is 9.72 Å². The first-order valence-corrected chi connectivity index (χ1v) is 8.22. The second-order valence-corrected chi connectivity index (χ2v) is 6.72. The van der Waals surface area contributed by atoms with E-state index in [-0.39, 0.29) is 11.9 Å². The largest absolute Gasteiger partial charge is 0.469 e. The number of hydrogen-bond donors (Lipinski definition) is 2. The van der Waals surface area contributed by atoms with Gasteiger partial charge >= 0.3 is 5.97 Å². The van der Waals surface area contributed by atoms with E-state index in [9.17, 15) is 13.2 Å². The molecule has 8 nitrogen and oxygen atoms in total. The number of carbonyl (C=O) groups is 1. The summed E-state index contributed by atoms with van der Waals surface area (Å²) in [7, 11) is -2.25. The summed E-state index contributed by atoms with van der Waals surface area (Å²) in [5.74, 6) is 0.0657. The van der Waals surface area contributed by atoms with E-state index in [4.69, 9.17) is 0 Å². The van der Waals surface area contributed by atoms with E-state index in [0.717, 1.165) is 0 Å². The fraction of sp³-hybridized carbons (Fsp3) is 0.667. The Balaban J connectivity index is 1.94. The predicted octanol–water partition coefficient (Wildman–Crippen LogP) is 0.190. The van der Waals surface area contributed by atoms with Crippen LogP contribution in [0.1, 0.15) is 31.6 Å². The number of nitrogens with one attached hydrogen (secondary N) is 2. The highest BCUT2D eigenvalue weighted by atomic mass is 32.2. The van der Waals surface area contributed by atoms with Gasteiger partial charge in [0.2, 0.25) is 0 Å². The molecular formula is C12H20N4O4S. The van der Waals surface area contributed by atoms with E-state index in [2.05, 4.69) is 19.4 Å². The van der Waals surface area contributed by atoms with Crippen LogP contribution in [0.2, 0.25) is 0 Å². The van der Waals surface area contributed by atoms with Crippen molar-refractivity contribution < 1.29 is 17.9 Å². The molecule has 118 valence electrons. The Morgan fingerprint density at radius 1 is 1.52 bits per heavy atom. The Morgan fingerprint density at radius 2 is 2.19 bits per heavy atom. The third kappa shape index (κ3) is 3.80. The highest BCUT2D eigenvalue weighted by Gasteiger charge is 2.32. The van der Waals surface area contributed by atoms with Crippen molar-refractivity contribution >= 4 is 16.2 Å². The molecule has 1 aromatic heterocycles. The van der Waals surface area contributed by atoms with Crippen molar-refractivity contribution in [1.29, 1.82) is 0 Å². The van der Waals surface area contributed by atoms with Crippen molar-refractivity contribution in [3.05, 3.63) is 18.2 Å². The van der Waals surface area contributed by atoms with Crippen LogP contribution in [0.4, 0.5) is 0 Å². The van der Waals surface area contributed by atoms with Gasteiger partial charge in [-0.25, -0.2) is 4.98 Å². The molecule has 1 aliphatic heterocycles. The van der Waals surface area contributed by atoms with Gasteiger partial charge in [0.05, 0.1) is 19.1 Å². The lowest BCUT2D eigenvalue weighted by atomic mass is 9.99. The predicted molar refractivity (Wildman–Crippen MR) is 75.4 cm³/mol. The lowest BCUT2D eigenvalue weighted by Crippen LogP contribution is -2.46. The molecule has 9 heteroatoms. The average Bonchev–Trinajstić information content (AvgIpc) is 3.00. The number of imidazole rings is 1. The highest BCUT2D eigenvalue weighted by molar-refractivity contribution is 7.87. The second kappa shape index (κ2) is 6.54. The third-order valence-corrected chi connectivity index (χ3v) is 5.28.